The third kappa shape index (κ3) is 4.72. The predicted octanol–water partition coefficient (Wildman–Crippen LogP) is 3.70. The Bertz CT molecular complexity index is 796. The summed E-state index contributed by atoms with van der Waals surface area (Å²) in [5, 5.41) is 2.64. The number of H-pyrrole nitrogens is 1. The number of hydrogen-bond donors (Lipinski definition) is 2. The lowest BCUT2D eigenvalue weighted by molar-refractivity contribution is -0.137. The molecule has 1 aromatic carbocycles. The van der Waals surface area contributed by atoms with Crippen molar-refractivity contribution in [2.24, 2.45) is 0 Å². The normalized spacial score (nSPS) is 11.7. The molecule has 0 aliphatic carbocycles. The Labute approximate surface area is 133 Å². The molecular formula is C15H10ClF3N2O2. The Morgan fingerprint density at radius 2 is 1.87 bits per heavy atom. The first-order valence-electron chi connectivity index (χ1n) is 6.30. The zero-order chi connectivity index (χ0) is 17.0. The highest BCUT2D eigenvalue weighted by Crippen LogP contribution is 2.29. The highest BCUT2D eigenvalue weighted by molar-refractivity contribution is 6.30. The molecule has 8 heteroatoms. The van der Waals surface area contributed by atoms with Gasteiger partial charge in [-0.05, 0) is 29.8 Å². The van der Waals surface area contributed by atoms with Crippen LogP contribution in [0, 0.1) is 0 Å². The Morgan fingerprint density at radius 1 is 1.22 bits per heavy atom. The second-order valence-electron chi connectivity index (χ2n) is 4.50. The first-order chi connectivity index (χ1) is 10.8. The lowest BCUT2D eigenvalue weighted by Crippen LogP contribution is -2.20. The average molecular weight is 343 g/mol. The molecule has 1 heterocycles. The molecule has 2 aromatic rings. The summed E-state index contributed by atoms with van der Waals surface area (Å²) >= 11 is 5.72. The molecular weight excluding hydrogens is 333 g/mol. The van der Waals surface area contributed by atoms with E-state index in [0.29, 0.717) is 22.8 Å². The molecule has 0 unspecified atom stereocenters. The van der Waals surface area contributed by atoms with Crippen molar-refractivity contribution in [1.29, 1.82) is 0 Å². The van der Waals surface area contributed by atoms with Gasteiger partial charge in [-0.15, -0.1) is 0 Å². The van der Waals surface area contributed by atoms with Crippen molar-refractivity contribution < 1.29 is 18.0 Å². The maximum Gasteiger partial charge on any atom is 0.417 e. The molecule has 0 bridgehead atoms. The second-order valence-corrected chi connectivity index (χ2v) is 4.94. The highest BCUT2D eigenvalue weighted by Gasteiger charge is 2.31. The first kappa shape index (κ1) is 16.8. The van der Waals surface area contributed by atoms with E-state index in [1.807, 2.05) is 4.98 Å². The van der Waals surface area contributed by atoms with Crippen LogP contribution in [0.25, 0.3) is 6.08 Å². The van der Waals surface area contributed by atoms with Crippen LogP contribution < -0.4 is 10.9 Å². The Balaban J connectivity index is 2.14. The Hall–Kier alpha value is -2.54. The SMILES string of the molecule is O=C(/C=C/c1ccc(Cl)cc1)Nc1cc(C(F)(F)F)c[nH]c1=O. The van der Waals surface area contributed by atoms with E-state index in [0.717, 1.165) is 6.08 Å². The summed E-state index contributed by atoms with van der Waals surface area (Å²) in [6, 6.07) is 7.13. The molecule has 0 atom stereocenters. The summed E-state index contributed by atoms with van der Waals surface area (Å²) in [7, 11) is 0. The van der Waals surface area contributed by atoms with E-state index in [4.69, 9.17) is 11.6 Å². The van der Waals surface area contributed by atoms with Crippen molar-refractivity contribution in [3.05, 3.63) is 69.1 Å². The lowest BCUT2D eigenvalue weighted by Gasteiger charge is -2.08. The van der Waals surface area contributed by atoms with Crippen molar-refractivity contribution in [1.82, 2.24) is 4.98 Å². The van der Waals surface area contributed by atoms with E-state index in [1.54, 1.807) is 24.3 Å². The number of rotatable bonds is 3. The zero-order valence-corrected chi connectivity index (χ0v) is 12.2. The highest BCUT2D eigenvalue weighted by atomic mass is 35.5. The molecule has 0 saturated carbocycles. The summed E-state index contributed by atoms with van der Waals surface area (Å²) < 4.78 is 37.7. The predicted molar refractivity (Wildman–Crippen MR) is 81.2 cm³/mol. The van der Waals surface area contributed by atoms with E-state index in [-0.39, 0.29) is 0 Å². The van der Waals surface area contributed by atoms with Gasteiger partial charge in [0.05, 0.1) is 5.56 Å². The molecule has 0 aliphatic heterocycles. The summed E-state index contributed by atoms with van der Waals surface area (Å²) in [5.41, 5.74) is -1.70. The van der Waals surface area contributed by atoms with Gasteiger partial charge in [-0.3, -0.25) is 9.59 Å². The number of aromatic nitrogens is 1. The molecule has 0 fully saturated rings. The summed E-state index contributed by atoms with van der Waals surface area (Å²) in [5.74, 6) is -0.732. The molecule has 120 valence electrons. The number of carbonyl (C=O) groups is 1. The van der Waals surface area contributed by atoms with Gasteiger partial charge in [-0.2, -0.15) is 13.2 Å². The van der Waals surface area contributed by atoms with Crippen LogP contribution in [0.1, 0.15) is 11.1 Å². The van der Waals surface area contributed by atoms with Gasteiger partial charge in [-0.1, -0.05) is 23.7 Å². The van der Waals surface area contributed by atoms with E-state index < -0.39 is 28.9 Å². The number of benzene rings is 1. The van der Waals surface area contributed by atoms with Gasteiger partial charge >= 0.3 is 6.18 Å². The van der Waals surface area contributed by atoms with Gasteiger partial charge in [0.15, 0.2) is 0 Å². The van der Waals surface area contributed by atoms with Crippen LogP contribution in [0.5, 0.6) is 0 Å². The smallest absolute Gasteiger partial charge is 0.327 e. The van der Waals surface area contributed by atoms with Gasteiger partial charge in [0.2, 0.25) is 5.91 Å². The number of anilines is 1. The van der Waals surface area contributed by atoms with Crippen molar-refractivity contribution in [3.8, 4) is 0 Å². The second kappa shape index (κ2) is 6.70. The average Bonchev–Trinajstić information content (AvgIpc) is 2.48. The van der Waals surface area contributed by atoms with Gasteiger partial charge in [0.25, 0.3) is 5.56 Å². The zero-order valence-electron chi connectivity index (χ0n) is 11.4. The van der Waals surface area contributed by atoms with E-state index in [9.17, 15) is 22.8 Å². The van der Waals surface area contributed by atoms with Gasteiger partial charge < -0.3 is 10.3 Å². The van der Waals surface area contributed by atoms with Crippen LogP contribution in [-0.4, -0.2) is 10.9 Å². The largest absolute Gasteiger partial charge is 0.417 e. The molecule has 2 N–H and O–H groups in total. The number of carbonyl (C=O) groups excluding carboxylic acids is 1. The van der Waals surface area contributed by atoms with Crippen molar-refractivity contribution in [2.45, 2.75) is 6.18 Å². The topological polar surface area (TPSA) is 62.0 Å². The van der Waals surface area contributed by atoms with Crippen molar-refractivity contribution in [3.63, 3.8) is 0 Å². The van der Waals surface area contributed by atoms with Crippen LogP contribution in [0.2, 0.25) is 5.02 Å². The lowest BCUT2D eigenvalue weighted by atomic mass is 10.2. The summed E-state index contributed by atoms with van der Waals surface area (Å²) in [6.45, 7) is 0. The summed E-state index contributed by atoms with van der Waals surface area (Å²) in [4.78, 5) is 25.1. The maximum atomic E-state index is 12.6. The van der Waals surface area contributed by atoms with Crippen LogP contribution in [0.4, 0.5) is 18.9 Å². The number of amides is 1. The summed E-state index contributed by atoms with van der Waals surface area (Å²) in [6.07, 6.45) is -1.54. The third-order valence-corrected chi connectivity index (χ3v) is 3.04. The molecule has 0 radical (unpaired) electrons. The molecule has 23 heavy (non-hydrogen) atoms. The van der Waals surface area contributed by atoms with Crippen molar-refractivity contribution in [2.75, 3.05) is 5.32 Å². The van der Waals surface area contributed by atoms with Gasteiger partial charge in [0.1, 0.15) is 5.69 Å². The van der Waals surface area contributed by atoms with Crippen LogP contribution in [-0.2, 0) is 11.0 Å². The van der Waals surface area contributed by atoms with Gasteiger partial charge in [-0.25, -0.2) is 0 Å². The number of hydrogen-bond acceptors (Lipinski definition) is 2. The third-order valence-electron chi connectivity index (χ3n) is 2.79. The molecule has 0 aliphatic rings. The molecule has 0 spiro atoms. The van der Waals surface area contributed by atoms with E-state index >= 15 is 0 Å². The molecule has 0 saturated heterocycles. The van der Waals surface area contributed by atoms with Crippen LogP contribution >= 0.6 is 11.6 Å². The number of halogens is 4. The van der Waals surface area contributed by atoms with Crippen molar-refractivity contribution >= 4 is 29.3 Å². The standard InChI is InChI=1S/C15H10ClF3N2O2/c16-11-4-1-9(2-5-11)3-6-13(22)21-12-7-10(15(17,18)19)8-20-14(12)23/h1-8H,(H,20,23)(H,21,22)/b6-3+. The first-order valence-corrected chi connectivity index (χ1v) is 6.68. The number of alkyl halides is 3. The Morgan fingerprint density at radius 3 is 2.48 bits per heavy atom. The fraction of sp³-hybridized carbons (Fsp3) is 0.0667. The minimum atomic E-state index is -4.62. The monoisotopic (exact) mass is 342 g/mol. The van der Waals surface area contributed by atoms with E-state index in [1.165, 1.54) is 6.08 Å². The fourth-order valence-electron chi connectivity index (χ4n) is 1.66. The molecule has 1 aromatic heterocycles. The Kier molecular flexibility index (Phi) is 4.90. The molecule has 4 nitrogen and oxygen atoms in total. The number of pyridine rings is 1. The molecule has 1 amide bonds. The van der Waals surface area contributed by atoms with Crippen LogP contribution in [0.15, 0.2) is 47.4 Å². The van der Waals surface area contributed by atoms with E-state index in [2.05, 4.69) is 5.32 Å². The maximum absolute atomic E-state index is 12.6. The van der Waals surface area contributed by atoms with Crippen LogP contribution in [0.3, 0.4) is 0 Å². The minimum absolute atomic E-state index is 0.481. The number of aromatic amines is 1. The quantitative estimate of drug-likeness (QED) is 0.835. The van der Waals surface area contributed by atoms with Gasteiger partial charge in [0, 0.05) is 17.3 Å². The molecule has 2 rings (SSSR count). The fourth-order valence-corrected chi connectivity index (χ4v) is 1.79. The minimum Gasteiger partial charge on any atom is -0.327 e. The number of nitrogens with one attached hydrogen (secondary N) is 2.